The summed E-state index contributed by atoms with van der Waals surface area (Å²) < 4.78 is 13.6. The minimum atomic E-state index is 0. The lowest BCUT2D eigenvalue weighted by atomic mass is 10.1. The van der Waals surface area contributed by atoms with Crippen molar-refractivity contribution in [1.29, 1.82) is 0 Å². The summed E-state index contributed by atoms with van der Waals surface area (Å²) in [5, 5.41) is 7.61. The minimum absolute atomic E-state index is 0. The molecule has 23 heavy (non-hydrogen) atoms. The third-order valence-electron chi connectivity index (χ3n) is 4.17. The van der Waals surface area contributed by atoms with Crippen LogP contribution in [-0.4, -0.2) is 72.7 Å². The van der Waals surface area contributed by atoms with Gasteiger partial charge in [0.15, 0.2) is 5.96 Å². The number of morpholine rings is 1. The first-order chi connectivity index (χ1) is 10.9. The molecule has 0 aromatic carbocycles. The molecule has 1 aromatic rings. The Morgan fingerprint density at radius 1 is 1.35 bits per heavy atom. The summed E-state index contributed by atoms with van der Waals surface area (Å²) in [4.78, 5) is 6.66. The molecule has 1 aromatic heterocycles. The Hall–Kier alpha value is -0.870. The average Bonchev–Trinajstić information content (AvgIpc) is 3.25. The number of guanidine groups is 1. The zero-order chi connectivity index (χ0) is 15.2. The second-order valence-corrected chi connectivity index (χ2v) is 5.65. The molecule has 0 spiro atoms. The fraction of sp³-hybridized carbons (Fsp3) is 0.733. The van der Waals surface area contributed by atoms with Gasteiger partial charge in [-0.05, 0) is 18.9 Å². The van der Waals surface area contributed by atoms with E-state index in [4.69, 9.17) is 9.47 Å². The highest BCUT2D eigenvalue weighted by atomic mass is 127. The Bertz CT molecular complexity index is 476. The van der Waals surface area contributed by atoms with Gasteiger partial charge in [-0.15, -0.1) is 24.0 Å². The van der Waals surface area contributed by atoms with Crippen LogP contribution in [0.2, 0.25) is 0 Å². The topological polar surface area (TPSA) is 63.9 Å². The highest BCUT2D eigenvalue weighted by Crippen LogP contribution is 2.20. The number of hydrogen-bond acceptors (Lipinski definition) is 4. The van der Waals surface area contributed by atoms with Crippen LogP contribution in [-0.2, 0) is 16.0 Å². The Kier molecular flexibility index (Phi) is 7.57. The molecule has 130 valence electrons. The van der Waals surface area contributed by atoms with Gasteiger partial charge in [0.25, 0.3) is 0 Å². The molecule has 2 atom stereocenters. The lowest BCUT2D eigenvalue weighted by Crippen LogP contribution is -2.53. The van der Waals surface area contributed by atoms with Crippen molar-refractivity contribution in [3.63, 3.8) is 0 Å². The van der Waals surface area contributed by atoms with E-state index in [9.17, 15) is 0 Å². The normalized spacial score (nSPS) is 25.3. The molecule has 2 aliphatic heterocycles. The fourth-order valence-corrected chi connectivity index (χ4v) is 3.04. The van der Waals surface area contributed by atoms with Gasteiger partial charge >= 0.3 is 0 Å². The molecular weight excluding hydrogens is 409 g/mol. The van der Waals surface area contributed by atoms with Crippen molar-refractivity contribution in [2.24, 2.45) is 4.99 Å². The first kappa shape index (κ1) is 18.5. The molecule has 0 saturated carbocycles. The summed E-state index contributed by atoms with van der Waals surface area (Å²) in [5.74, 6) is 0.929. The van der Waals surface area contributed by atoms with E-state index in [-0.39, 0.29) is 36.2 Å². The van der Waals surface area contributed by atoms with Crippen molar-refractivity contribution in [3.05, 3.63) is 18.5 Å². The van der Waals surface area contributed by atoms with E-state index in [0.29, 0.717) is 0 Å². The maximum absolute atomic E-state index is 5.89. The number of ether oxygens (including phenoxy) is 2. The summed E-state index contributed by atoms with van der Waals surface area (Å²) in [6.45, 7) is 4.92. The van der Waals surface area contributed by atoms with E-state index in [2.05, 4.69) is 20.3 Å². The zero-order valence-corrected chi connectivity index (χ0v) is 15.9. The molecule has 3 rings (SSSR count). The van der Waals surface area contributed by atoms with Gasteiger partial charge in [-0.25, -0.2) is 0 Å². The third-order valence-corrected chi connectivity index (χ3v) is 4.17. The summed E-state index contributed by atoms with van der Waals surface area (Å²) in [7, 11) is 1.83. The average molecular weight is 435 g/mol. The van der Waals surface area contributed by atoms with Gasteiger partial charge in [-0.1, -0.05) is 0 Å². The molecular formula is C15H26IN5O2. The number of aliphatic imine (C=N–C) groups is 1. The van der Waals surface area contributed by atoms with Gasteiger partial charge < -0.3 is 19.7 Å². The summed E-state index contributed by atoms with van der Waals surface area (Å²) in [6, 6.07) is 1.93. The van der Waals surface area contributed by atoms with E-state index < -0.39 is 0 Å². The molecule has 2 unspecified atom stereocenters. The van der Waals surface area contributed by atoms with Gasteiger partial charge in [-0.2, -0.15) is 5.10 Å². The summed E-state index contributed by atoms with van der Waals surface area (Å²) in [5.41, 5.74) is 0. The van der Waals surface area contributed by atoms with Crippen LogP contribution in [0.15, 0.2) is 23.5 Å². The van der Waals surface area contributed by atoms with Crippen LogP contribution in [0, 0.1) is 0 Å². The van der Waals surface area contributed by atoms with Crippen molar-refractivity contribution in [2.75, 3.05) is 39.9 Å². The van der Waals surface area contributed by atoms with Gasteiger partial charge in [-0.3, -0.25) is 9.67 Å². The predicted octanol–water partition coefficient (Wildman–Crippen LogP) is 0.956. The predicted molar refractivity (Wildman–Crippen MR) is 99.3 cm³/mol. The molecule has 7 nitrogen and oxygen atoms in total. The second-order valence-electron chi connectivity index (χ2n) is 5.65. The third kappa shape index (κ3) is 5.05. The van der Waals surface area contributed by atoms with Crippen LogP contribution < -0.4 is 5.32 Å². The molecule has 0 aliphatic carbocycles. The highest BCUT2D eigenvalue weighted by Gasteiger charge is 2.32. The van der Waals surface area contributed by atoms with Gasteiger partial charge in [0.2, 0.25) is 0 Å². The molecule has 2 aliphatic rings. The zero-order valence-electron chi connectivity index (χ0n) is 13.6. The van der Waals surface area contributed by atoms with Crippen molar-refractivity contribution >= 4 is 29.9 Å². The molecule has 2 saturated heterocycles. The molecule has 1 N–H and O–H groups in total. The van der Waals surface area contributed by atoms with Crippen LogP contribution in [0.25, 0.3) is 0 Å². The monoisotopic (exact) mass is 435 g/mol. The van der Waals surface area contributed by atoms with E-state index in [0.717, 1.165) is 58.2 Å². The molecule has 3 heterocycles. The highest BCUT2D eigenvalue weighted by molar-refractivity contribution is 14.0. The maximum atomic E-state index is 5.89. The molecule has 0 radical (unpaired) electrons. The lowest BCUT2D eigenvalue weighted by molar-refractivity contribution is -0.0816. The van der Waals surface area contributed by atoms with E-state index in [1.807, 2.05) is 24.0 Å². The van der Waals surface area contributed by atoms with Crippen molar-refractivity contribution in [1.82, 2.24) is 20.0 Å². The van der Waals surface area contributed by atoms with Crippen LogP contribution in [0.5, 0.6) is 0 Å². The Morgan fingerprint density at radius 2 is 2.22 bits per heavy atom. The quantitative estimate of drug-likeness (QED) is 0.434. The first-order valence-electron chi connectivity index (χ1n) is 8.03. The number of nitrogens with one attached hydrogen (secondary N) is 1. The molecule has 8 heteroatoms. The SMILES string of the molecule is CN=C(NCCn1cccn1)N1CCOC(C2CCCO2)C1.I. The van der Waals surface area contributed by atoms with Crippen molar-refractivity contribution < 1.29 is 9.47 Å². The largest absolute Gasteiger partial charge is 0.375 e. The molecule has 2 fully saturated rings. The van der Waals surface area contributed by atoms with E-state index in [1.165, 1.54) is 0 Å². The molecule has 0 amide bonds. The number of nitrogens with zero attached hydrogens (tertiary/aromatic N) is 4. The maximum Gasteiger partial charge on any atom is 0.193 e. The van der Waals surface area contributed by atoms with Crippen LogP contribution >= 0.6 is 24.0 Å². The number of halogens is 1. The number of rotatable bonds is 4. The van der Waals surface area contributed by atoms with E-state index in [1.54, 1.807) is 6.20 Å². The van der Waals surface area contributed by atoms with Gasteiger partial charge in [0, 0.05) is 45.7 Å². The minimum Gasteiger partial charge on any atom is -0.375 e. The number of hydrogen-bond donors (Lipinski definition) is 1. The Balaban J connectivity index is 0.00000192. The van der Waals surface area contributed by atoms with Crippen LogP contribution in [0.3, 0.4) is 0 Å². The smallest absolute Gasteiger partial charge is 0.193 e. The lowest BCUT2D eigenvalue weighted by Gasteiger charge is -2.37. The second kappa shape index (κ2) is 9.43. The Labute approximate surface area is 154 Å². The summed E-state index contributed by atoms with van der Waals surface area (Å²) in [6.07, 6.45) is 6.40. The fourth-order valence-electron chi connectivity index (χ4n) is 3.04. The standard InChI is InChI=1S/C15H25N5O2.HI/c1-16-15(17-6-8-20-7-3-5-18-20)19-9-11-22-14(12-19)13-4-2-10-21-13;/h3,5,7,13-14H,2,4,6,8-12H2,1H3,(H,16,17);1H. The van der Waals surface area contributed by atoms with Crippen molar-refractivity contribution in [2.45, 2.75) is 31.6 Å². The van der Waals surface area contributed by atoms with Crippen molar-refractivity contribution in [3.8, 4) is 0 Å². The number of aromatic nitrogens is 2. The molecule has 0 bridgehead atoms. The summed E-state index contributed by atoms with van der Waals surface area (Å²) >= 11 is 0. The Morgan fingerprint density at radius 3 is 2.91 bits per heavy atom. The van der Waals surface area contributed by atoms with Crippen LogP contribution in [0.1, 0.15) is 12.8 Å². The van der Waals surface area contributed by atoms with Gasteiger partial charge in [0.05, 0.1) is 19.3 Å². The van der Waals surface area contributed by atoms with Crippen LogP contribution in [0.4, 0.5) is 0 Å². The van der Waals surface area contributed by atoms with Gasteiger partial charge in [0.1, 0.15) is 6.10 Å². The first-order valence-corrected chi connectivity index (χ1v) is 8.03. The van der Waals surface area contributed by atoms with E-state index >= 15 is 0 Å².